The molecule has 0 unspecified atom stereocenters. The van der Waals surface area contributed by atoms with Crippen LogP contribution in [-0.4, -0.2) is 55.2 Å². The molecule has 1 saturated heterocycles. The fourth-order valence-electron chi connectivity index (χ4n) is 2.64. The SMILES string of the molecule is CCN(CCc1ccccc1)[C@@H]1CS(=O)(=O)C[C@H]1O. The van der Waals surface area contributed by atoms with E-state index >= 15 is 0 Å². The molecule has 0 spiro atoms. The van der Waals surface area contributed by atoms with Gasteiger partial charge in [0.1, 0.15) is 0 Å². The predicted molar refractivity (Wildman–Crippen MR) is 75.8 cm³/mol. The summed E-state index contributed by atoms with van der Waals surface area (Å²) in [6.07, 6.45) is 0.124. The van der Waals surface area contributed by atoms with E-state index in [2.05, 4.69) is 17.0 Å². The molecule has 1 aromatic carbocycles. The maximum absolute atomic E-state index is 11.6. The Kier molecular flexibility index (Phi) is 4.60. The molecule has 1 aromatic rings. The van der Waals surface area contributed by atoms with Crippen molar-refractivity contribution >= 4 is 9.84 Å². The minimum Gasteiger partial charge on any atom is -0.390 e. The number of sulfone groups is 1. The van der Waals surface area contributed by atoms with Gasteiger partial charge in [0.15, 0.2) is 9.84 Å². The highest BCUT2D eigenvalue weighted by molar-refractivity contribution is 7.91. The van der Waals surface area contributed by atoms with Gasteiger partial charge in [0.2, 0.25) is 0 Å². The predicted octanol–water partition coefficient (Wildman–Crippen LogP) is 0.709. The molecule has 0 bridgehead atoms. The molecule has 0 amide bonds. The van der Waals surface area contributed by atoms with Crippen molar-refractivity contribution in [2.75, 3.05) is 24.6 Å². The standard InChI is InChI=1S/C14H21NO3S/c1-2-15(9-8-12-6-4-3-5-7-12)13-10-19(17,18)11-14(13)16/h3-7,13-14,16H,2,8-11H2,1H3/t13-,14-/m1/s1. The van der Waals surface area contributed by atoms with E-state index in [0.717, 1.165) is 19.5 Å². The minimum absolute atomic E-state index is 0.0802. The van der Waals surface area contributed by atoms with E-state index in [1.54, 1.807) is 0 Å². The zero-order valence-electron chi connectivity index (χ0n) is 11.2. The van der Waals surface area contributed by atoms with Gasteiger partial charge in [0, 0.05) is 6.54 Å². The van der Waals surface area contributed by atoms with Gasteiger partial charge in [-0.1, -0.05) is 37.3 Å². The molecule has 0 aromatic heterocycles. The number of likely N-dealkylation sites (N-methyl/N-ethyl adjacent to an activating group) is 1. The summed E-state index contributed by atoms with van der Waals surface area (Å²) in [4.78, 5) is 2.07. The van der Waals surface area contributed by atoms with Crippen molar-refractivity contribution in [1.82, 2.24) is 4.90 Å². The molecule has 1 N–H and O–H groups in total. The van der Waals surface area contributed by atoms with Crippen molar-refractivity contribution in [3.05, 3.63) is 35.9 Å². The first-order valence-corrected chi connectivity index (χ1v) is 8.50. The Labute approximate surface area is 115 Å². The second kappa shape index (κ2) is 6.03. The van der Waals surface area contributed by atoms with Gasteiger partial charge in [-0.05, 0) is 18.5 Å². The van der Waals surface area contributed by atoms with Gasteiger partial charge in [0.05, 0.1) is 23.7 Å². The normalized spacial score (nSPS) is 25.8. The highest BCUT2D eigenvalue weighted by atomic mass is 32.2. The molecule has 19 heavy (non-hydrogen) atoms. The zero-order chi connectivity index (χ0) is 13.9. The molecule has 5 heteroatoms. The number of hydrogen-bond donors (Lipinski definition) is 1. The first-order valence-electron chi connectivity index (χ1n) is 6.68. The summed E-state index contributed by atoms with van der Waals surface area (Å²) >= 11 is 0. The van der Waals surface area contributed by atoms with Gasteiger partial charge >= 0.3 is 0 Å². The molecular formula is C14H21NO3S. The third kappa shape index (κ3) is 3.78. The molecule has 4 nitrogen and oxygen atoms in total. The van der Waals surface area contributed by atoms with Crippen LogP contribution in [0.5, 0.6) is 0 Å². The van der Waals surface area contributed by atoms with Crippen molar-refractivity contribution in [3.8, 4) is 0 Å². The maximum Gasteiger partial charge on any atom is 0.154 e. The fourth-order valence-corrected chi connectivity index (χ4v) is 4.47. The van der Waals surface area contributed by atoms with Gasteiger partial charge in [-0.3, -0.25) is 4.90 Å². The summed E-state index contributed by atoms with van der Waals surface area (Å²) in [5, 5.41) is 9.90. The van der Waals surface area contributed by atoms with Crippen LogP contribution in [0.2, 0.25) is 0 Å². The lowest BCUT2D eigenvalue weighted by atomic mass is 10.1. The van der Waals surface area contributed by atoms with E-state index in [9.17, 15) is 13.5 Å². The summed E-state index contributed by atoms with van der Waals surface area (Å²) in [6.45, 7) is 3.53. The average molecular weight is 283 g/mol. The second-order valence-electron chi connectivity index (χ2n) is 5.08. The monoisotopic (exact) mass is 283 g/mol. The zero-order valence-corrected chi connectivity index (χ0v) is 12.0. The summed E-state index contributed by atoms with van der Waals surface area (Å²) < 4.78 is 23.1. The minimum atomic E-state index is -3.07. The van der Waals surface area contributed by atoms with E-state index < -0.39 is 15.9 Å². The highest BCUT2D eigenvalue weighted by Gasteiger charge is 2.39. The first-order chi connectivity index (χ1) is 9.02. The second-order valence-corrected chi connectivity index (χ2v) is 7.23. The summed E-state index contributed by atoms with van der Waals surface area (Å²) in [6, 6.07) is 9.86. The van der Waals surface area contributed by atoms with Gasteiger partial charge in [0.25, 0.3) is 0 Å². The number of benzene rings is 1. The lowest BCUT2D eigenvalue weighted by Crippen LogP contribution is -2.44. The molecule has 0 radical (unpaired) electrons. The van der Waals surface area contributed by atoms with Crippen LogP contribution < -0.4 is 0 Å². The fraction of sp³-hybridized carbons (Fsp3) is 0.571. The van der Waals surface area contributed by atoms with Crippen LogP contribution in [0.4, 0.5) is 0 Å². The lowest BCUT2D eigenvalue weighted by Gasteiger charge is -2.28. The van der Waals surface area contributed by atoms with Crippen LogP contribution >= 0.6 is 0 Å². The Hall–Kier alpha value is -0.910. The van der Waals surface area contributed by atoms with E-state index in [-0.39, 0.29) is 17.5 Å². The molecule has 2 atom stereocenters. The van der Waals surface area contributed by atoms with Crippen LogP contribution in [0.3, 0.4) is 0 Å². The smallest absolute Gasteiger partial charge is 0.154 e. The molecule has 1 aliphatic rings. The number of aliphatic hydroxyl groups is 1. The molecule has 1 fully saturated rings. The van der Waals surface area contributed by atoms with E-state index in [4.69, 9.17) is 0 Å². The van der Waals surface area contributed by atoms with Gasteiger partial charge < -0.3 is 5.11 Å². The molecule has 2 rings (SSSR count). The Balaban J connectivity index is 1.97. The van der Waals surface area contributed by atoms with Gasteiger partial charge in [-0.15, -0.1) is 0 Å². The molecule has 0 saturated carbocycles. The van der Waals surface area contributed by atoms with E-state index in [0.29, 0.717) is 0 Å². The Morgan fingerprint density at radius 1 is 1.26 bits per heavy atom. The lowest BCUT2D eigenvalue weighted by molar-refractivity contribution is 0.0872. The number of hydrogen-bond acceptors (Lipinski definition) is 4. The van der Waals surface area contributed by atoms with Crippen molar-refractivity contribution in [2.24, 2.45) is 0 Å². The van der Waals surface area contributed by atoms with E-state index in [1.165, 1.54) is 5.56 Å². The van der Waals surface area contributed by atoms with Crippen molar-refractivity contribution in [1.29, 1.82) is 0 Å². The van der Waals surface area contributed by atoms with Crippen molar-refractivity contribution < 1.29 is 13.5 Å². The van der Waals surface area contributed by atoms with Crippen LogP contribution in [0, 0.1) is 0 Å². The molecule has 0 aliphatic carbocycles. The average Bonchev–Trinajstić information content (AvgIpc) is 2.65. The van der Waals surface area contributed by atoms with Crippen LogP contribution in [0.25, 0.3) is 0 Å². The number of aliphatic hydroxyl groups excluding tert-OH is 1. The van der Waals surface area contributed by atoms with Crippen LogP contribution in [0.15, 0.2) is 30.3 Å². The summed E-state index contributed by atoms with van der Waals surface area (Å²) in [5.41, 5.74) is 1.23. The van der Waals surface area contributed by atoms with Crippen LogP contribution in [-0.2, 0) is 16.3 Å². The Morgan fingerprint density at radius 3 is 2.47 bits per heavy atom. The summed E-state index contributed by atoms with van der Waals surface area (Å²) in [7, 11) is -3.07. The third-order valence-corrected chi connectivity index (χ3v) is 5.40. The first kappa shape index (κ1) is 14.5. The van der Waals surface area contributed by atoms with E-state index in [1.807, 2.05) is 25.1 Å². The molecule has 1 heterocycles. The molecule has 1 aliphatic heterocycles. The van der Waals surface area contributed by atoms with Crippen molar-refractivity contribution in [2.45, 2.75) is 25.5 Å². The summed E-state index contributed by atoms with van der Waals surface area (Å²) in [5.74, 6) is -0.0176. The highest BCUT2D eigenvalue weighted by Crippen LogP contribution is 2.18. The Bertz CT molecular complexity index is 501. The van der Waals surface area contributed by atoms with Gasteiger partial charge in [-0.2, -0.15) is 0 Å². The topological polar surface area (TPSA) is 57.6 Å². The quantitative estimate of drug-likeness (QED) is 0.864. The largest absolute Gasteiger partial charge is 0.390 e. The third-order valence-electron chi connectivity index (χ3n) is 3.70. The molecule has 106 valence electrons. The maximum atomic E-state index is 11.6. The number of nitrogens with zero attached hydrogens (tertiary/aromatic N) is 1. The molecular weight excluding hydrogens is 262 g/mol. The van der Waals surface area contributed by atoms with Crippen LogP contribution in [0.1, 0.15) is 12.5 Å². The number of rotatable bonds is 5. The Morgan fingerprint density at radius 2 is 1.95 bits per heavy atom. The van der Waals surface area contributed by atoms with Gasteiger partial charge in [-0.25, -0.2) is 8.42 Å². The van der Waals surface area contributed by atoms with Crippen molar-refractivity contribution in [3.63, 3.8) is 0 Å².